The van der Waals surface area contributed by atoms with Gasteiger partial charge in [-0.1, -0.05) is 6.07 Å². The fourth-order valence-corrected chi connectivity index (χ4v) is 2.31. The molecule has 1 fully saturated rings. The van der Waals surface area contributed by atoms with Gasteiger partial charge in [0, 0.05) is 44.4 Å². The number of anilines is 1. The molecule has 2 aromatic rings. The van der Waals surface area contributed by atoms with Gasteiger partial charge in [0.2, 0.25) is 0 Å². The summed E-state index contributed by atoms with van der Waals surface area (Å²) in [4.78, 5) is 22.4. The van der Waals surface area contributed by atoms with Crippen LogP contribution in [-0.2, 0) is 11.3 Å². The van der Waals surface area contributed by atoms with Gasteiger partial charge in [-0.05, 0) is 17.7 Å². The fourth-order valence-electron chi connectivity index (χ4n) is 2.31. The minimum atomic E-state index is 0.000766. The second-order valence-electron chi connectivity index (χ2n) is 5.08. The Hall–Kier alpha value is -2.47. The van der Waals surface area contributed by atoms with Gasteiger partial charge in [0.05, 0.1) is 24.5 Å². The standard InChI is InChI=1S/C16H18N4O2/c21-16(20-4-6-22-7-5-20)14-8-15(12-18-11-14)19-10-13-2-1-3-17-9-13/h1-3,8-9,11-12,19H,4-7,10H2. The number of amides is 1. The van der Waals surface area contributed by atoms with Crippen LogP contribution >= 0.6 is 0 Å². The van der Waals surface area contributed by atoms with Crippen LogP contribution < -0.4 is 5.32 Å². The Morgan fingerprint density at radius 3 is 2.86 bits per heavy atom. The van der Waals surface area contributed by atoms with Crippen LogP contribution in [0.5, 0.6) is 0 Å². The molecule has 6 nitrogen and oxygen atoms in total. The zero-order chi connectivity index (χ0) is 15.2. The molecule has 114 valence electrons. The van der Waals surface area contributed by atoms with Crippen LogP contribution in [0.15, 0.2) is 43.0 Å². The number of carbonyl (C=O) groups excluding carboxylic acids is 1. The van der Waals surface area contributed by atoms with Crippen LogP contribution in [0.1, 0.15) is 15.9 Å². The molecule has 1 aliphatic heterocycles. The number of hydrogen-bond donors (Lipinski definition) is 1. The van der Waals surface area contributed by atoms with Crippen LogP contribution in [-0.4, -0.2) is 47.1 Å². The predicted octanol–water partition coefficient (Wildman–Crippen LogP) is 1.56. The Morgan fingerprint density at radius 2 is 2.09 bits per heavy atom. The van der Waals surface area contributed by atoms with Crippen LogP contribution in [0.3, 0.4) is 0 Å². The van der Waals surface area contributed by atoms with E-state index in [1.54, 1.807) is 23.5 Å². The van der Waals surface area contributed by atoms with Crippen molar-refractivity contribution in [3.8, 4) is 0 Å². The molecule has 0 saturated carbocycles. The number of morpholine rings is 1. The summed E-state index contributed by atoms with van der Waals surface area (Å²) >= 11 is 0. The molecule has 1 aliphatic rings. The highest BCUT2D eigenvalue weighted by Gasteiger charge is 2.18. The Kier molecular flexibility index (Phi) is 4.60. The topological polar surface area (TPSA) is 67.4 Å². The average molecular weight is 298 g/mol. The minimum absolute atomic E-state index is 0.000766. The van der Waals surface area contributed by atoms with Gasteiger partial charge in [0.25, 0.3) is 5.91 Å². The lowest BCUT2D eigenvalue weighted by Gasteiger charge is -2.26. The maximum absolute atomic E-state index is 12.4. The van der Waals surface area contributed by atoms with Crippen molar-refractivity contribution in [2.45, 2.75) is 6.54 Å². The van der Waals surface area contributed by atoms with E-state index < -0.39 is 0 Å². The second-order valence-corrected chi connectivity index (χ2v) is 5.08. The third kappa shape index (κ3) is 3.59. The van der Waals surface area contributed by atoms with Gasteiger partial charge in [-0.25, -0.2) is 0 Å². The average Bonchev–Trinajstić information content (AvgIpc) is 2.61. The summed E-state index contributed by atoms with van der Waals surface area (Å²) in [7, 11) is 0. The number of hydrogen-bond acceptors (Lipinski definition) is 5. The Balaban J connectivity index is 1.65. The van der Waals surface area contributed by atoms with E-state index in [1.807, 2.05) is 24.4 Å². The van der Waals surface area contributed by atoms with E-state index in [-0.39, 0.29) is 5.91 Å². The second kappa shape index (κ2) is 7.00. The van der Waals surface area contributed by atoms with Crippen molar-refractivity contribution in [3.63, 3.8) is 0 Å². The molecule has 3 rings (SSSR count). The van der Waals surface area contributed by atoms with Crippen molar-refractivity contribution in [1.82, 2.24) is 14.9 Å². The minimum Gasteiger partial charge on any atom is -0.380 e. The zero-order valence-electron chi connectivity index (χ0n) is 12.2. The van der Waals surface area contributed by atoms with Crippen molar-refractivity contribution >= 4 is 11.6 Å². The first-order valence-corrected chi connectivity index (χ1v) is 7.28. The van der Waals surface area contributed by atoms with E-state index in [0.29, 0.717) is 38.4 Å². The van der Waals surface area contributed by atoms with Crippen LogP contribution in [0, 0.1) is 0 Å². The number of rotatable bonds is 4. The Morgan fingerprint density at radius 1 is 1.23 bits per heavy atom. The molecule has 3 heterocycles. The van der Waals surface area contributed by atoms with Crippen molar-refractivity contribution in [1.29, 1.82) is 0 Å². The first-order valence-electron chi connectivity index (χ1n) is 7.28. The predicted molar refractivity (Wildman–Crippen MR) is 82.5 cm³/mol. The fraction of sp³-hybridized carbons (Fsp3) is 0.312. The van der Waals surface area contributed by atoms with Gasteiger partial charge in [0.1, 0.15) is 0 Å². The number of carbonyl (C=O) groups is 1. The molecule has 0 unspecified atom stereocenters. The first-order chi connectivity index (χ1) is 10.8. The smallest absolute Gasteiger partial charge is 0.255 e. The zero-order valence-corrected chi connectivity index (χ0v) is 12.2. The molecule has 0 atom stereocenters. The summed E-state index contributed by atoms with van der Waals surface area (Å²) in [6.07, 6.45) is 6.87. The SMILES string of the molecule is O=C(c1cncc(NCc2cccnc2)c1)N1CCOCC1. The Labute approximate surface area is 129 Å². The number of nitrogens with one attached hydrogen (secondary N) is 1. The van der Waals surface area contributed by atoms with E-state index in [1.165, 1.54) is 0 Å². The molecule has 1 saturated heterocycles. The van der Waals surface area contributed by atoms with Gasteiger partial charge in [-0.2, -0.15) is 0 Å². The van der Waals surface area contributed by atoms with E-state index >= 15 is 0 Å². The maximum atomic E-state index is 12.4. The molecular weight excluding hydrogens is 280 g/mol. The van der Waals surface area contributed by atoms with E-state index in [2.05, 4.69) is 15.3 Å². The molecule has 1 N–H and O–H groups in total. The van der Waals surface area contributed by atoms with Crippen LogP contribution in [0.2, 0.25) is 0 Å². The van der Waals surface area contributed by atoms with E-state index in [0.717, 1.165) is 11.3 Å². The summed E-state index contributed by atoms with van der Waals surface area (Å²) in [6.45, 7) is 3.10. The summed E-state index contributed by atoms with van der Waals surface area (Å²) in [5.41, 5.74) is 2.49. The highest BCUT2D eigenvalue weighted by atomic mass is 16.5. The third-order valence-electron chi connectivity index (χ3n) is 3.50. The molecule has 0 aromatic carbocycles. The van der Waals surface area contributed by atoms with E-state index in [4.69, 9.17) is 4.74 Å². The van der Waals surface area contributed by atoms with Crippen molar-refractivity contribution in [2.75, 3.05) is 31.6 Å². The summed E-state index contributed by atoms with van der Waals surface area (Å²) in [5.74, 6) is 0.000766. The summed E-state index contributed by atoms with van der Waals surface area (Å²) in [6, 6.07) is 5.73. The van der Waals surface area contributed by atoms with E-state index in [9.17, 15) is 4.79 Å². The number of pyridine rings is 2. The maximum Gasteiger partial charge on any atom is 0.255 e. The normalized spacial score (nSPS) is 14.6. The highest BCUT2D eigenvalue weighted by molar-refractivity contribution is 5.94. The number of nitrogens with zero attached hydrogens (tertiary/aromatic N) is 3. The van der Waals surface area contributed by atoms with Crippen molar-refractivity contribution in [3.05, 3.63) is 54.1 Å². The molecule has 6 heteroatoms. The lowest BCUT2D eigenvalue weighted by atomic mass is 10.2. The van der Waals surface area contributed by atoms with Gasteiger partial charge < -0.3 is 15.0 Å². The molecular formula is C16H18N4O2. The highest BCUT2D eigenvalue weighted by Crippen LogP contribution is 2.13. The third-order valence-corrected chi connectivity index (χ3v) is 3.50. The number of ether oxygens (including phenoxy) is 1. The molecule has 1 amide bonds. The molecule has 0 spiro atoms. The number of aromatic nitrogens is 2. The first kappa shape index (κ1) is 14.5. The molecule has 0 aliphatic carbocycles. The molecule has 0 radical (unpaired) electrons. The largest absolute Gasteiger partial charge is 0.380 e. The molecule has 22 heavy (non-hydrogen) atoms. The monoisotopic (exact) mass is 298 g/mol. The van der Waals surface area contributed by atoms with Gasteiger partial charge in [-0.3, -0.25) is 14.8 Å². The van der Waals surface area contributed by atoms with Gasteiger partial charge >= 0.3 is 0 Å². The summed E-state index contributed by atoms with van der Waals surface area (Å²) in [5, 5.41) is 3.26. The van der Waals surface area contributed by atoms with Crippen molar-refractivity contribution in [2.24, 2.45) is 0 Å². The van der Waals surface area contributed by atoms with Crippen LogP contribution in [0.4, 0.5) is 5.69 Å². The summed E-state index contributed by atoms with van der Waals surface area (Å²) < 4.78 is 5.27. The van der Waals surface area contributed by atoms with Crippen LogP contribution in [0.25, 0.3) is 0 Å². The Bertz CT molecular complexity index is 627. The van der Waals surface area contributed by atoms with Gasteiger partial charge in [-0.15, -0.1) is 0 Å². The molecule has 2 aromatic heterocycles. The van der Waals surface area contributed by atoms with Crippen molar-refractivity contribution < 1.29 is 9.53 Å². The molecule has 0 bridgehead atoms. The lowest BCUT2D eigenvalue weighted by Crippen LogP contribution is -2.40. The lowest BCUT2D eigenvalue weighted by molar-refractivity contribution is 0.0302. The quantitative estimate of drug-likeness (QED) is 0.928. The van der Waals surface area contributed by atoms with Gasteiger partial charge in [0.15, 0.2) is 0 Å².